The van der Waals surface area contributed by atoms with Crippen LogP contribution in [0.5, 0.6) is 0 Å². The molecule has 0 saturated carbocycles. The summed E-state index contributed by atoms with van der Waals surface area (Å²) in [5, 5.41) is 9.95. The second-order valence-corrected chi connectivity index (χ2v) is 4.71. The highest BCUT2D eigenvalue weighted by atomic mass is 127. The van der Waals surface area contributed by atoms with Crippen molar-refractivity contribution in [2.24, 2.45) is 0 Å². The minimum atomic E-state index is -0.290. The first-order valence-electron chi connectivity index (χ1n) is 5.10. The van der Waals surface area contributed by atoms with Crippen LogP contribution >= 0.6 is 22.6 Å². The number of hydrogen-bond donors (Lipinski definition) is 1. The van der Waals surface area contributed by atoms with Gasteiger partial charge in [-0.15, -0.1) is 0 Å². The maximum atomic E-state index is 9.95. The molecule has 1 atom stereocenters. The molecule has 1 nitrogen and oxygen atoms in total. The van der Waals surface area contributed by atoms with Gasteiger partial charge in [0.05, 0.1) is 6.10 Å². The molecule has 1 rings (SSSR count). The first-order chi connectivity index (χ1) is 6.66. The molecule has 0 fully saturated rings. The fourth-order valence-electron chi connectivity index (χ4n) is 1.48. The standard InChI is InChI=1S/C12H17IO/c1-3-4-8-11(14)10-7-5-6-9(2)12(10)13/h5-7,11,14H,3-4,8H2,1-2H3. The Kier molecular flexibility index (Phi) is 4.89. The van der Waals surface area contributed by atoms with Crippen LogP contribution in [0.15, 0.2) is 18.2 Å². The molecule has 0 spiro atoms. The molecule has 78 valence electrons. The molecule has 0 bridgehead atoms. The van der Waals surface area contributed by atoms with Crippen LogP contribution in [0.3, 0.4) is 0 Å². The number of benzene rings is 1. The average Bonchev–Trinajstić information content (AvgIpc) is 2.18. The zero-order valence-corrected chi connectivity index (χ0v) is 10.9. The molecule has 1 unspecified atom stereocenters. The fraction of sp³-hybridized carbons (Fsp3) is 0.500. The smallest absolute Gasteiger partial charge is 0.0800 e. The molecule has 2 heteroatoms. The van der Waals surface area contributed by atoms with Gasteiger partial charge in [-0.25, -0.2) is 0 Å². The minimum Gasteiger partial charge on any atom is -0.388 e. The summed E-state index contributed by atoms with van der Waals surface area (Å²) in [7, 11) is 0. The lowest BCUT2D eigenvalue weighted by Gasteiger charge is -2.13. The third kappa shape index (κ3) is 2.95. The van der Waals surface area contributed by atoms with Crippen LogP contribution in [-0.2, 0) is 0 Å². The van der Waals surface area contributed by atoms with Crippen molar-refractivity contribution in [3.05, 3.63) is 32.9 Å². The second kappa shape index (κ2) is 5.71. The van der Waals surface area contributed by atoms with E-state index in [2.05, 4.69) is 42.5 Å². The monoisotopic (exact) mass is 304 g/mol. The number of unbranched alkanes of at least 4 members (excludes halogenated alkanes) is 1. The summed E-state index contributed by atoms with van der Waals surface area (Å²) in [6.45, 7) is 4.23. The van der Waals surface area contributed by atoms with Crippen molar-refractivity contribution in [2.75, 3.05) is 0 Å². The number of hydrogen-bond acceptors (Lipinski definition) is 1. The summed E-state index contributed by atoms with van der Waals surface area (Å²) < 4.78 is 1.20. The van der Waals surface area contributed by atoms with Gasteiger partial charge in [0.15, 0.2) is 0 Å². The van der Waals surface area contributed by atoms with Crippen LogP contribution < -0.4 is 0 Å². The van der Waals surface area contributed by atoms with Gasteiger partial charge in [-0.3, -0.25) is 0 Å². The molecule has 0 aliphatic rings. The summed E-state index contributed by atoms with van der Waals surface area (Å²) in [6, 6.07) is 6.12. The first-order valence-corrected chi connectivity index (χ1v) is 6.17. The van der Waals surface area contributed by atoms with E-state index in [0.29, 0.717) is 0 Å². The molecular weight excluding hydrogens is 287 g/mol. The van der Waals surface area contributed by atoms with Crippen LogP contribution in [-0.4, -0.2) is 5.11 Å². The van der Waals surface area contributed by atoms with Gasteiger partial charge < -0.3 is 5.11 Å². The maximum absolute atomic E-state index is 9.95. The van der Waals surface area contributed by atoms with Crippen molar-refractivity contribution in [3.63, 3.8) is 0 Å². The van der Waals surface area contributed by atoms with Gasteiger partial charge in [0.2, 0.25) is 0 Å². The molecule has 0 aromatic heterocycles. The third-order valence-electron chi connectivity index (χ3n) is 2.41. The predicted molar refractivity (Wildman–Crippen MR) is 68.4 cm³/mol. The van der Waals surface area contributed by atoms with Crippen molar-refractivity contribution in [3.8, 4) is 0 Å². The molecule has 0 aliphatic heterocycles. The molecule has 1 aromatic rings. The molecule has 1 aromatic carbocycles. The van der Waals surface area contributed by atoms with Crippen LogP contribution in [0.25, 0.3) is 0 Å². The van der Waals surface area contributed by atoms with Gasteiger partial charge in [0.1, 0.15) is 0 Å². The van der Waals surface area contributed by atoms with Crippen LogP contribution in [0, 0.1) is 10.5 Å². The van der Waals surface area contributed by atoms with E-state index in [0.717, 1.165) is 24.8 Å². The lowest BCUT2D eigenvalue weighted by Crippen LogP contribution is -2.01. The number of halogens is 1. The van der Waals surface area contributed by atoms with E-state index >= 15 is 0 Å². The number of rotatable bonds is 4. The topological polar surface area (TPSA) is 20.2 Å². The van der Waals surface area contributed by atoms with Crippen LogP contribution in [0.1, 0.15) is 43.4 Å². The molecular formula is C12H17IO. The Hall–Kier alpha value is -0.0900. The van der Waals surface area contributed by atoms with Crippen molar-refractivity contribution < 1.29 is 5.11 Å². The second-order valence-electron chi connectivity index (χ2n) is 3.64. The Balaban J connectivity index is 2.79. The summed E-state index contributed by atoms with van der Waals surface area (Å²) in [4.78, 5) is 0. The van der Waals surface area contributed by atoms with Crippen molar-refractivity contribution in [1.82, 2.24) is 0 Å². The third-order valence-corrected chi connectivity index (χ3v) is 3.89. The summed E-state index contributed by atoms with van der Waals surface area (Å²) in [6.07, 6.45) is 2.81. The molecule has 1 N–H and O–H groups in total. The number of aryl methyl sites for hydroxylation is 1. The summed E-state index contributed by atoms with van der Waals surface area (Å²) in [5.74, 6) is 0. The number of aliphatic hydroxyl groups is 1. The largest absolute Gasteiger partial charge is 0.388 e. The van der Waals surface area contributed by atoms with E-state index in [1.165, 1.54) is 9.13 Å². The number of aliphatic hydroxyl groups excluding tert-OH is 1. The van der Waals surface area contributed by atoms with Gasteiger partial charge in [0.25, 0.3) is 0 Å². The Bertz CT molecular complexity index is 296. The zero-order valence-electron chi connectivity index (χ0n) is 8.76. The van der Waals surface area contributed by atoms with Gasteiger partial charge in [-0.05, 0) is 47.1 Å². The Morgan fingerprint density at radius 1 is 1.43 bits per heavy atom. The molecule has 0 heterocycles. The van der Waals surface area contributed by atoms with E-state index in [-0.39, 0.29) is 6.10 Å². The van der Waals surface area contributed by atoms with Crippen molar-refractivity contribution in [1.29, 1.82) is 0 Å². The van der Waals surface area contributed by atoms with E-state index in [4.69, 9.17) is 0 Å². The lowest BCUT2D eigenvalue weighted by molar-refractivity contribution is 0.163. The Morgan fingerprint density at radius 2 is 2.14 bits per heavy atom. The highest BCUT2D eigenvalue weighted by molar-refractivity contribution is 14.1. The fourth-order valence-corrected chi connectivity index (χ4v) is 2.20. The van der Waals surface area contributed by atoms with Gasteiger partial charge >= 0.3 is 0 Å². The summed E-state index contributed by atoms with van der Waals surface area (Å²) in [5.41, 5.74) is 2.33. The molecule has 0 radical (unpaired) electrons. The van der Waals surface area contributed by atoms with E-state index < -0.39 is 0 Å². The first kappa shape index (κ1) is 12.0. The van der Waals surface area contributed by atoms with Crippen LogP contribution in [0.4, 0.5) is 0 Å². The van der Waals surface area contributed by atoms with Crippen LogP contribution in [0.2, 0.25) is 0 Å². The summed E-state index contributed by atoms with van der Waals surface area (Å²) >= 11 is 2.31. The van der Waals surface area contributed by atoms with Crippen molar-refractivity contribution in [2.45, 2.75) is 39.2 Å². The molecule has 0 amide bonds. The zero-order chi connectivity index (χ0) is 10.6. The molecule has 14 heavy (non-hydrogen) atoms. The van der Waals surface area contributed by atoms with Gasteiger partial charge in [-0.2, -0.15) is 0 Å². The highest BCUT2D eigenvalue weighted by Gasteiger charge is 2.11. The quantitative estimate of drug-likeness (QED) is 0.838. The average molecular weight is 304 g/mol. The predicted octanol–water partition coefficient (Wildman–Crippen LogP) is 3.82. The molecule has 0 saturated heterocycles. The van der Waals surface area contributed by atoms with Gasteiger partial charge in [-0.1, -0.05) is 38.0 Å². The van der Waals surface area contributed by atoms with E-state index in [1.807, 2.05) is 12.1 Å². The SMILES string of the molecule is CCCCC(O)c1cccc(C)c1I. The molecule has 0 aliphatic carbocycles. The maximum Gasteiger partial charge on any atom is 0.0800 e. The Morgan fingerprint density at radius 3 is 2.79 bits per heavy atom. The van der Waals surface area contributed by atoms with E-state index in [1.54, 1.807) is 0 Å². The minimum absolute atomic E-state index is 0.290. The lowest BCUT2D eigenvalue weighted by atomic mass is 10.0. The van der Waals surface area contributed by atoms with Crippen molar-refractivity contribution >= 4 is 22.6 Å². The van der Waals surface area contributed by atoms with E-state index in [9.17, 15) is 5.11 Å². The highest BCUT2D eigenvalue weighted by Crippen LogP contribution is 2.26. The van der Waals surface area contributed by atoms with Gasteiger partial charge in [0, 0.05) is 3.57 Å². The Labute approximate surface area is 99.7 Å². The normalized spacial score (nSPS) is 12.9.